The maximum Gasteiger partial charge on any atom is 0.221 e. The molecular weight excluding hydrogens is 162 g/mol. The molecule has 0 radical (unpaired) electrons. The van der Waals surface area contributed by atoms with Crippen molar-refractivity contribution in [2.45, 2.75) is 12.2 Å². The Hall–Kier alpha value is -0.0151. The molecule has 0 aliphatic heterocycles. The monoisotopic (exact) mass is 166 g/mol. The van der Waals surface area contributed by atoms with Crippen LogP contribution >= 0.6 is 23.2 Å². The van der Waals surface area contributed by atoms with Crippen molar-refractivity contribution in [2.24, 2.45) is 0 Å². The summed E-state index contributed by atoms with van der Waals surface area (Å²) in [4.78, 5) is 20.3. The molecule has 1 atom stereocenters. The zero-order chi connectivity index (χ0) is 7.44. The quantitative estimate of drug-likeness (QED) is 0.448. The van der Waals surface area contributed by atoms with Crippen LogP contribution in [0.1, 0.15) is 6.42 Å². The molecule has 0 saturated carbocycles. The lowest BCUT2D eigenvalue weighted by atomic mass is 9.86. The summed E-state index contributed by atoms with van der Waals surface area (Å²) in [5, 5.41) is -1.06. The van der Waals surface area contributed by atoms with E-state index in [2.05, 4.69) is 0 Å². The third-order valence-electron chi connectivity index (χ3n) is 0.854. The normalized spacial score (nSPS) is 12.7. The van der Waals surface area contributed by atoms with Crippen molar-refractivity contribution in [3.8, 4) is 0 Å². The molecule has 0 heterocycles. The summed E-state index contributed by atoms with van der Waals surface area (Å²) in [7, 11) is 1.55. The van der Waals surface area contributed by atoms with Crippen molar-refractivity contribution >= 4 is 41.5 Å². The molecule has 9 heavy (non-hydrogen) atoms. The van der Waals surface area contributed by atoms with Gasteiger partial charge in [-0.15, -0.1) is 0 Å². The fraction of sp³-hybridized carbons (Fsp3) is 0.500. The molecule has 50 valence electrons. The molecule has 0 aromatic heterocycles. The van der Waals surface area contributed by atoms with Gasteiger partial charge in [0.15, 0.2) is 0 Å². The standard InChI is InChI=1S/C4H5BCl2O2/c5-2(4(7)9)1-3(6)8/h2H,1,5H2. The van der Waals surface area contributed by atoms with E-state index in [0.717, 1.165) is 0 Å². The van der Waals surface area contributed by atoms with Gasteiger partial charge >= 0.3 is 0 Å². The molecule has 0 bridgehead atoms. The van der Waals surface area contributed by atoms with Crippen LogP contribution in [0.25, 0.3) is 0 Å². The van der Waals surface area contributed by atoms with E-state index in [-0.39, 0.29) is 6.42 Å². The predicted molar refractivity (Wildman–Crippen MR) is 38.6 cm³/mol. The van der Waals surface area contributed by atoms with Gasteiger partial charge in [0.05, 0.1) is 0 Å². The Kier molecular flexibility index (Phi) is 3.90. The van der Waals surface area contributed by atoms with E-state index >= 15 is 0 Å². The first kappa shape index (κ1) is 8.98. The summed E-state index contributed by atoms with van der Waals surface area (Å²) in [6.07, 6.45) is 0.0177. The van der Waals surface area contributed by atoms with Crippen LogP contribution in [0.15, 0.2) is 0 Å². The van der Waals surface area contributed by atoms with Gasteiger partial charge in [0.25, 0.3) is 0 Å². The minimum absolute atomic E-state index is 0.0177. The van der Waals surface area contributed by atoms with Crippen LogP contribution in [-0.4, -0.2) is 18.3 Å². The topological polar surface area (TPSA) is 34.1 Å². The van der Waals surface area contributed by atoms with Gasteiger partial charge in [-0.1, -0.05) is 0 Å². The smallest absolute Gasteiger partial charge is 0.221 e. The van der Waals surface area contributed by atoms with E-state index in [1.54, 1.807) is 7.85 Å². The van der Waals surface area contributed by atoms with E-state index in [0.29, 0.717) is 0 Å². The average molecular weight is 167 g/mol. The fourth-order valence-electron chi connectivity index (χ4n) is 0.321. The fourth-order valence-corrected chi connectivity index (χ4v) is 0.630. The highest BCUT2D eigenvalue weighted by Crippen LogP contribution is 2.10. The number of halogens is 2. The van der Waals surface area contributed by atoms with Gasteiger partial charge in [-0.05, 0) is 23.2 Å². The number of rotatable bonds is 3. The lowest BCUT2D eigenvalue weighted by Gasteiger charge is -1.97. The minimum atomic E-state index is -0.531. The third kappa shape index (κ3) is 4.49. The van der Waals surface area contributed by atoms with Crippen LogP contribution in [0.4, 0.5) is 0 Å². The van der Waals surface area contributed by atoms with Crippen molar-refractivity contribution in [1.82, 2.24) is 0 Å². The first-order valence-corrected chi connectivity index (χ1v) is 3.17. The molecule has 0 aliphatic carbocycles. The van der Waals surface area contributed by atoms with E-state index in [9.17, 15) is 9.59 Å². The molecule has 0 aromatic carbocycles. The molecule has 0 aromatic rings. The zero-order valence-corrected chi connectivity index (χ0v) is 6.37. The van der Waals surface area contributed by atoms with Crippen molar-refractivity contribution in [3.63, 3.8) is 0 Å². The molecule has 0 fully saturated rings. The highest BCUT2D eigenvalue weighted by molar-refractivity contribution is 6.70. The predicted octanol–water partition coefficient (Wildman–Crippen LogP) is 0.329. The molecule has 2 nitrogen and oxygen atoms in total. The molecule has 0 rings (SSSR count). The van der Waals surface area contributed by atoms with Crippen LogP contribution in [-0.2, 0) is 9.59 Å². The lowest BCUT2D eigenvalue weighted by Crippen LogP contribution is -2.04. The van der Waals surface area contributed by atoms with Crippen LogP contribution in [0.2, 0.25) is 5.82 Å². The third-order valence-corrected chi connectivity index (χ3v) is 1.38. The van der Waals surface area contributed by atoms with Crippen molar-refractivity contribution in [2.75, 3.05) is 0 Å². The Morgan fingerprint density at radius 1 is 1.44 bits per heavy atom. The molecular formula is C4H5BCl2O2. The zero-order valence-electron chi connectivity index (χ0n) is 4.86. The summed E-state index contributed by atoms with van der Waals surface area (Å²) >= 11 is 9.99. The summed E-state index contributed by atoms with van der Waals surface area (Å²) in [6, 6.07) is 0. The Morgan fingerprint density at radius 3 is 2.00 bits per heavy atom. The van der Waals surface area contributed by atoms with Gasteiger partial charge in [0.2, 0.25) is 10.5 Å². The number of hydrogen-bond donors (Lipinski definition) is 0. The first-order valence-electron chi connectivity index (χ1n) is 2.41. The molecule has 1 unspecified atom stereocenters. The minimum Gasteiger partial charge on any atom is -0.282 e. The van der Waals surface area contributed by atoms with E-state index in [4.69, 9.17) is 23.2 Å². The van der Waals surface area contributed by atoms with E-state index in [1.165, 1.54) is 0 Å². The molecule has 0 saturated heterocycles. The summed E-state index contributed by atoms with van der Waals surface area (Å²) in [5.74, 6) is -0.461. The second kappa shape index (κ2) is 3.91. The number of carbonyl (C=O) groups excluding carboxylic acids is 2. The molecule has 5 heteroatoms. The van der Waals surface area contributed by atoms with Gasteiger partial charge in [-0.25, -0.2) is 0 Å². The summed E-state index contributed by atoms with van der Waals surface area (Å²) in [5.41, 5.74) is 0. The van der Waals surface area contributed by atoms with Gasteiger partial charge < -0.3 is 0 Å². The Bertz CT molecular complexity index is 137. The second-order valence-corrected chi connectivity index (χ2v) is 2.56. The van der Waals surface area contributed by atoms with Gasteiger partial charge in [0.1, 0.15) is 7.85 Å². The van der Waals surface area contributed by atoms with Crippen molar-refractivity contribution in [3.05, 3.63) is 0 Å². The highest BCUT2D eigenvalue weighted by Gasteiger charge is 2.12. The van der Waals surface area contributed by atoms with Crippen LogP contribution < -0.4 is 0 Å². The number of hydrogen-bond acceptors (Lipinski definition) is 2. The lowest BCUT2D eigenvalue weighted by molar-refractivity contribution is -0.116. The van der Waals surface area contributed by atoms with Crippen molar-refractivity contribution < 1.29 is 9.59 Å². The van der Waals surface area contributed by atoms with Gasteiger partial charge in [-0.2, -0.15) is 0 Å². The Balaban J connectivity index is 3.63. The van der Waals surface area contributed by atoms with Crippen LogP contribution in [0, 0.1) is 0 Å². The first-order chi connectivity index (χ1) is 4.04. The summed E-state index contributed by atoms with van der Waals surface area (Å²) < 4.78 is 0. The van der Waals surface area contributed by atoms with E-state index in [1.807, 2.05) is 0 Å². The average Bonchev–Trinajstić information content (AvgIpc) is 1.63. The second-order valence-electron chi connectivity index (χ2n) is 1.76. The largest absolute Gasteiger partial charge is 0.282 e. The van der Waals surface area contributed by atoms with Crippen LogP contribution in [0.5, 0.6) is 0 Å². The van der Waals surface area contributed by atoms with Gasteiger partial charge in [-0.3, -0.25) is 9.59 Å². The van der Waals surface area contributed by atoms with E-state index < -0.39 is 16.3 Å². The van der Waals surface area contributed by atoms with Gasteiger partial charge in [0, 0.05) is 12.2 Å². The number of carbonyl (C=O) groups is 2. The Labute approximate surface area is 63.9 Å². The SMILES string of the molecule is BC(CC(=O)Cl)C(=O)Cl. The molecule has 0 amide bonds. The maximum atomic E-state index is 10.2. The molecule has 0 N–H and O–H groups in total. The Morgan fingerprint density at radius 2 is 1.89 bits per heavy atom. The maximum absolute atomic E-state index is 10.2. The highest BCUT2D eigenvalue weighted by atomic mass is 35.5. The molecule has 0 spiro atoms. The van der Waals surface area contributed by atoms with Crippen molar-refractivity contribution in [1.29, 1.82) is 0 Å². The van der Waals surface area contributed by atoms with Crippen LogP contribution in [0.3, 0.4) is 0 Å². The summed E-state index contributed by atoms with van der Waals surface area (Å²) in [6.45, 7) is 0. The molecule has 0 aliphatic rings.